The van der Waals surface area contributed by atoms with Crippen LogP contribution in [0.4, 0.5) is 0 Å². The second-order valence-electron chi connectivity index (χ2n) is 8.85. The van der Waals surface area contributed by atoms with Gasteiger partial charge >= 0.3 is 0 Å². The summed E-state index contributed by atoms with van der Waals surface area (Å²) in [6.45, 7) is 5.15. The number of carbonyl (C=O) groups excluding carboxylic acids is 2. The van der Waals surface area contributed by atoms with Gasteiger partial charge in [0.15, 0.2) is 0 Å². The highest BCUT2D eigenvalue weighted by Gasteiger charge is 2.30. The summed E-state index contributed by atoms with van der Waals surface area (Å²) in [4.78, 5) is 30.0. The van der Waals surface area contributed by atoms with Gasteiger partial charge in [0.25, 0.3) is 0 Å². The second-order valence-corrected chi connectivity index (χ2v) is 10.5. The first-order valence-corrected chi connectivity index (χ1v) is 13.9. The van der Waals surface area contributed by atoms with Crippen molar-refractivity contribution in [1.82, 2.24) is 10.2 Å². The molecule has 3 aromatic rings. The van der Waals surface area contributed by atoms with E-state index >= 15 is 0 Å². The molecule has 0 saturated carbocycles. The van der Waals surface area contributed by atoms with Crippen molar-refractivity contribution >= 4 is 35.2 Å². The Labute approximate surface area is 224 Å². The summed E-state index contributed by atoms with van der Waals surface area (Å²) in [5, 5.41) is 3.77. The molecule has 0 radical (unpaired) electrons. The van der Waals surface area contributed by atoms with Crippen molar-refractivity contribution < 1.29 is 9.59 Å². The van der Waals surface area contributed by atoms with E-state index in [1.165, 1.54) is 0 Å². The van der Waals surface area contributed by atoms with Gasteiger partial charge in [-0.25, -0.2) is 0 Å². The first kappa shape index (κ1) is 27.8. The van der Waals surface area contributed by atoms with Crippen LogP contribution in [0.15, 0.2) is 83.8 Å². The van der Waals surface area contributed by atoms with Gasteiger partial charge in [-0.1, -0.05) is 79.5 Å². The molecule has 6 heteroatoms. The molecular formula is C30H35ClN2O2S. The number of benzene rings is 3. The highest BCUT2D eigenvalue weighted by molar-refractivity contribution is 7.99. The Kier molecular flexibility index (Phi) is 11.4. The van der Waals surface area contributed by atoms with Crippen LogP contribution in [0, 0.1) is 6.92 Å². The molecule has 0 unspecified atom stereocenters. The number of nitrogens with zero attached hydrogens (tertiary/aromatic N) is 1. The van der Waals surface area contributed by atoms with Crippen LogP contribution < -0.4 is 5.32 Å². The van der Waals surface area contributed by atoms with Gasteiger partial charge < -0.3 is 10.2 Å². The Hall–Kier alpha value is -2.76. The third-order valence-electron chi connectivity index (χ3n) is 6.10. The largest absolute Gasteiger partial charge is 0.354 e. The Morgan fingerprint density at radius 1 is 0.972 bits per heavy atom. The van der Waals surface area contributed by atoms with Gasteiger partial charge in [-0.3, -0.25) is 9.59 Å². The van der Waals surface area contributed by atoms with Crippen molar-refractivity contribution in [1.29, 1.82) is 0 Å². The minimum Gasteiger partial charge on any atom is -0.354 e. The molecule has 0 aliphatic heterocycles. The van der Waals surface area contributed by atoms with E-state index in [4.69, 9.17) is 11.6 Å². The van der Waals surface area contributed by atoms with Crippen molar-refractivity contribution in [3.05, 3.63) is 101 Å². The fourth-order valence-electron chi connectivity index (χ4n) is 3.96. The van der Waals surface area contributed by atoms with Crippen LogP contribution in [0.1, 0.15) is 42.9 Å². The van der Waals surface area contributed by atoms with Gasteiger partial charge in [0.1, 0.15) is 6.04 Å². The third kappa shape index (κ3) is 8.72. The van der Waals surface area contributed by atoms with E-state index in [0.29, 0.717) is 36.7 Å². The normalized spacial score (nSPS) is 11.6. The van der Waals surface area contributed by atoms with E-state index in [-0.39, 0.29) is 11.8 Å². The molecule has 3 rings (SSSR count). The highest BCUT2D eigenvalue weighted by atomic mass is 35.5. The molecule has 1 N–H and O–H groups in total. The number of unbranched alkanes of at least 4 members (excludes halogenated alkanes) is 1. The van der Waals surface area contributed by atoms with Crippen molar-refractivity contribution in [2.45, 2.75) is 57.0 Å². The zero-order valence-electron chi connectivity index (χ0n) is 21.1. The summed E-state index contributed by atoms with van der Waals surface area (Å²) in [6, 6.07) is 25.0. The second kappa shape index (κ2) is 14.7. The molecule has 2 amide bonds. The van der Waals surface area contributed by atoms with E-state index in [1.807, 2.05) is 85.8 Å². The summed E-state index contributed by atoms with van der Waals surface area (Å²) in [6.07, 6.45) is 2.72. The quantitative estimate of drug-likeness (QED) is 0.201. The molecule has 0 aromatic heterocycles. The van der Waals surface area contributed by atoms with Crippen LogP contribution in [0.2, 0.25) is 5.02 Å². The van der Waals surface area contributed by atoms with Crippen LogP contribution in [-0.4, -0.2) is 35.1 Å². The SMILES string of the molecule is CCCCNC(=O)[C@H](Cc1ccccc1)N(Cc1ccccc1C)C(=O)CCSc1ccc(Cl)cc1. The summed E-state index contributed by atoms with van der Waals surface area (Å²) >= 11 is 7.61. The van der Waals surface area contributed by atoms with Gasteiger partial charge in [0.2, 0.25) is 11.8 Å². The molecule has 0 saturated heterocycles. The number of halogens is 1. The van der Waals surface area contributed by atoms with Gasteiger partial charge in [-0.05, 0) is 54.3 Å². The average molecular weight is 523 g/mol. The van der Waals surface area contributed by atoms with Gasteiger partial charge in [0.05, 0.1) is 0 Å². The van der Waals surface area contributed by atoms with E-state index < -0.39 is 6.04 Å². The standard InChI is InChI=1S/C30H35ClN2O2S/c1-3-4-19-32-30(35)28(21-24-11-6-5-7-12-24)33(22-25-13-9-8-10-23(25)2)29(34)18-20-36-27-16-14-26(31)15-17-27/h5-17,28H,3-4,18-22H2,1-2H3,(H,32,35)/t28-/m0/s1. The van der Waals surface area contributed by atoms with E-state index in [9.17, 15) is 9.59 Å². The Bertz CT molecular complexity index is 1110. The van der Waals surface area contributed by atoms with Crippen molar-refractivity contribution in [2.75, 3.05) is 12.3 Å². The Balaban J connectivity index is 1.83. The van der Waals surface area contributed by atoms with Crippen LogP contribution in [-0.2, 0) is 22.6 Å². The zero-order valence-corrected chi connectivity index (χ0v) is 22.7. The molecule has 0 fully saturated rings. The summed E-state index contributed by atoms with van der Waals surface area (Å²) in [5.41, 5.74) is 3.19. The number of aryl methyl sites for hydroxylation is 1. The smallest absolute Gasteiger partial charge is 0.243 e. The molecule has 3 aromatic carbocycles. The van der Waals surface area contributed by atoms with Crippen LogP contribution in [0.5, 0.6) is 0 Å². The molecular weight excluding hydrogens is 488 g/mol. The van der Waals surface area contributed by atoms with Gasteiger partial charge in [0, 0.05) is 41.6 Å². The number of amides is 2. The summed E-state index contributed by atoms with van der Waals surface area (Å²) < 4.78 is 0. The maximum Gasteiger partial charge on any atom is 0.243 e. The maximum absolute atomic E-state index is 13.7. The molecule has 36 heavy (non-hydrogen) atoms. The molecule has 1 atom stereocenters. The summed E-state index contributed by atoms with van der Waals surface area (Å²) in [7, 11) is 0. The first-order valence-electron chi connectivity index (χ1n) is 12.5. The fraction of sp³-hybridized carbons (Fsp3) is 0.333. The lowest BCUT2D eigenvalue weighted by Gasteiger charge is -2.32. The lowest BCUT2D eigenvalue weighted by atomic mass is 10.0. The van der Waals surface area contributed by atoms with Crippen molar-refractivity contribution in [3.63, 3.8) is 0 Å². The lowest BCUT2D eigenvalue weighted by molar-refractivity contribution is -0.141. The number of rotatable bonds is 13. The fourth-order valence-corrected chi connectivity index (χ4v) is 4.93. The van der Waals surface area contributed by atoms with E-state index in [0.717, 1.165) is 34.4 Å². The predicted octanol–water partition coefficient (Wildman–Crippen LogP) is 6.69. The minimum atomic E-state index is -0.586. The molecule has 0 heterocycles. The molecule has 0 aliphatic carbocycles. The molecule has 0 spiro atoms. The Morgan fingerprint density at radius 3 is 2.36 bits per heavy atom. The molecule has 0 aliphatic rings. The maximum atomic E-state index is 13.7. The van der Waals surface area contributed by atoms with Crippen LogP contribution in [0.25, 0.3) is 0 Å². The number of thioether (sulfide) groups is 1. The van der Waals surface area contributed by atoms with Gasteiger partial charge in [-0.2, -0.15) is 0 Å². The monoisotopic (exact) mass is 522 g/mol. The zero-order chi connectivity index (χ0) is 25.8. The van der Waals surface area contributed by atoms with Crippen molar-refractivity contribution in [2.24, 2.45) is 0 Å². The highest BCUT2D eigenvalue weighted by Crippen LogP contribution is 2.23. The number of hydrogen-bond donors (Lipinski definition) is 1. The van der Waals surface area contributed by atoms with Crippen LogP contribution >= 0.6 is 23.4 Å². The third-order valence-corrected chi connectivity index (χ3v) is 7.37. The number of nitrogens with one attached hydrogen (secondary N) is 1. The molecule has 0 bridgehead atoms. The summed E-state index contributed by atoms with van der Waals surface area (Å²) in [5.74, 6) is 0.506. The van der Waals surface area contributed by atoms with E-state index in [1.54, 1.807) is 16.7 Å². The average Bonchev–Trinajstić information content (AvgIpc) is 2.89. The number of carbonyl (C=O) groups is 2. The lowest BCUT2D eigenvalue weighted by Crippen LogP contribution is -2.50. The molecule has 4 nitrogen and oxygen atoms in total. The number of hydrogen-bond acceptors (Lipinski definition) is 3. The topological polar surface area (TPSA) is 49.4 Å². The minimum absolute atomic E-state index is 0.0220. The van der Waals surface area contributed by atoms with Crippen molar-refractivity contribution in [3.8, 4) is 0 Å². The first-order chi connectivity index (χ1) is 17.5. The van der Waals surface area contributed by atoms with Crippen LogP contribution in [0.3, 0.4) is 0 Å². The molecule has 190 valence electrons. The van der Waals surface area contributed by atoms with Gasteiger partial charge in [-0.15, -0.1) is 11.8 Å². The Morgan fingerprint density at radius 2 is 1.67 bits per heavy atom. The predicted molar refractivity (Wildman–Crippen MR) is 150 cm³/mol. The van der Waals surface area contributed by atoms with E-state index in [2.05, 4.69) is 12.2 Å².